The highest BCUT2D eigenvalue weighted by Crippen LogP contribution is 2.20. The fraction of sp³-hybridized carbons (Fsp3) is 0.467. The highest BCUT2D eigenvalue weighted by Gasteiger charge is 2.10. The van der Waals surface area contributed by atoms with Crippen LogP contribution in [0.5, 0.6) is 0 Å². The number of carbonyl (C=O) groups excluding carboxylic acids is 1. The Labute approximate surface area is 119 Å². The predicted octanol–water partition coefficient (Wildman–Crippen LogP) is 3.04. The summed E-state index contributed by atoms with van der Waals surface area (Å²) >= 11 is 0. The molecule has 0 spiro atoms. The Morgan fingerprint density at radius 3 is 2.25 bits per heavy atom. The Hall–Kier alpha value is -2.04. The van der Waals surface area contributed by atoms with E-state index < -0.39 is 5.97 Å². The highest BCUT2D eigenvalue weighted by molar-refractivity contribution is 5.89. The van der Waals surface area contributed by atoms with Gasteiger partial charge in [0.05, 0.1) is 6.42 Å². The summed E-state index contributed by atoms with van der Waals surface area (Å²) in [6, 6.07) is 7.01. The largest absolute Gasteiger partial charge is 0.481 e. The fourth-order valence-electron chi connectivity index (χ4n) is 1.75. The number of carboxylic acids is 1. The Balaban J connectivity index is 2.54. The van der Waals surface area contributed by atoms with E-state index in [0.717, 1.165) is 5.56 Å². The van der Waals surface area contributed by atoms with Gasteiger partial charge >= 0.3 is 12.0 Å². The maximum atomic E-state index is 11.6. The minimum atomic E-state index is -0.812. The number of carboxylic acid groups (broad SMARTS) is 1. The molecule has 0 bridgehead atoms. The fourth-order valence-corrected chi connectivity index (χ4v) is 1.75. The molecule has 0 heterocycles. The molecule has 1 aromatic rings. The van der Waals surface area contributed by atoms with Crippen LogP contribution in [0.15, 0.2) is 24.3 Å². The van der Waals surface area contributed by atoms with Crippen LogP contribution in [0.1, 0.15) is 38.7 Å². The molecular formula is C15H22N2O3. The van der Waals surface area contributed by atoms with Gasteiger partial charge in [0.2, 0.25) is 0 Å². The molecule has 110 valence electrons. The van der Waals surface area contributed by atoms with E-state index in [1.165, 1.54) is 0 Å². The molecule has 5 heteroatoms. The molecule has 0 radical (unpaired) electrons. The standard InChI is InChI=1S/C15H22N2O3/c1-10(2)9-16-15(20)17-13-6-4-12(5-7-13)11(3)8-14(18)19/h4-7,10-11H,8-9H2,1-3H3,(H,18,19)(H2,16,17,20). The molecule has 0 aliphatic carbocycles. The minimum Gasteiger partial charge on any atom is -0.481 e. The van der Waals surface area contributed by atoms with Crippen LogP contribution in [-0.2, 0) is 4.79 Å². The summed E-state index contributed by atoms with van der Waals surface area (Å²) in [4.78, 5) is 22.2. The normalized spacial score (nSPS) is 12.0. The number of nitrogens with one attached hydrogen (secondary N) is 2. The van der Waals surface area contributed by atoms with E-state index in [1.54, 1.807) is 12.1 Å². The quantitative estimate of drug-likeness (QED) is 0.748. The van der Waals surface area contributed by atoms with Gasteiger partial charge in [-0.2, -0.15) is 0 Å². The van der Waals surface area contributed by atoms with E-state index in [-0.39, 0.29) is 18.4 Å². The van der Waals surface area contributed by atoms with Crippen molar-refractivity contribution >= 4 is 17.7 Å². The number of hydrogen-bond acceptors (Lipinski definition) is 2. The molecule has 1 rings (SSSR count). The lowest BCUT2D eigenvalue weighted by Gasteiger charge is -2.12. The van der Waals surface area contributed by atoms with Gasteiger partial charge in [-0.25, -0.2) is 4.79 Å². The molecule has 0 aliphatic rings. The van der Waals surface area contributed by atoms with Gasteiger partial charge in [0, 0.05) is 12.2 Å². The molecule has 0 aliphatic heterocycles. The summed E-state index contributed by atoms with van der Waals surface area (Å²) < 4.78 is 0. The first-order chi connectivity index (χ1) is 9.38. The monoisotopic (exact) mass is 278 g/mol. The summed E-state index contributed by atoms with van der Waals surface area (Å²) in [5.74, 6) is -0.455. The number of anilines is 1. The van der Waals surface area contributed by atoms with E-state index in [2.05, 4.69) is 10.6 Å². The van der Waals surface area contributed by atoms with Gasteiger partial charge in [0.1, 0.15) is 0 Å². The van der Waals surface area contributed by atoms with E-state index in [4.69, 9.17) is 5.11 Å². The van der Waals surface area contributed by atoms with E-state index in [0.29, 0.717) is 18.2 Å². The van der Waals surface area contributed by atoms with Gasteiger partial charge in [-0.3, -0.25) is 4.79 Å². The van der Waals surface area contributed by atoms with Crippen LogP contribution in [0.3, 0.4) is 0 Å². The Kier molecular flexibility index (Phi) is 6.03. The molecule has 0 fully saturated rings. The minimum absolute atomic E-state index is 0.0451. The number of hydrogen-bond donors (Lipinski definition) is 3. The summed E-state index contributed by atoms with van der Waals surface area (Å²) in [5, 5.41) is 14.3. The van der Waals surface area contributed by atoms with Crippen LogP contribution < -0.4 is 10.6 Å². The molecule has 2 amide bonds. The molecule has 1 unspecified atom stereocenters. The molecule has 5 nitrogen and oxygen atoms in total. The SMILES string of the molecule is CC(C)CNC(=O)Nc1ccc(C(C)CC(=O)O)cc1. The third-order valence-corrected chi connectivity index (χ3v) is 2.89. The van der Waals surface area contributed by atoms with Crippen molar-refractivity contribution in [1.29, 1.82) is 0 Å². The summed E-state index contributed by atoms with van der Waals surface area (Å²) in [6.07, 6.45) is 0.0989. The third kappa shape index (κ3) is 5.73. The molecule has 20 heavy (non-hydrogen) atoms. The Bertz CT molecular complexity index is 455. The van der Waals surface area contributed by atoms with Crippen molar-refractivity contribution in [2.45, 2.75) is 33.1 Å². The predicted molar refractivity (Wildman–Crippen MR) is 79.0 cm³/mol. The van der Waals surface area contributed by atoms with Crippen LogP contribution in [-0.4, -0.2) is 23.7 Å². The van der Waals surface area contributed by atoms with Crippen LogP contribution >= 0.6 is 0 Å². The third-order valence-electron chi connectivity index (χ3n) is 2.89. The lowest BCUT2D eigenvalue weighted by Crippen LogP contribution is -2.31. The first kappa shape index (κ1) is 16.0. The Morgan fingerprint density at radius 2 is 1.75 bits per heavy atom. The molecule has 0 aromatic heterocycles. The lowest BCUT2D eigenvalue weighted by molar-refractivity contribution is -0.137. The van der Waals surface area contributed by atoms with Crippen molar-refractivity contribution in [3.8, 4) is 0 Å². The van der Waals surface area contributed by atoms with Crippen LogP contribution in [0, 0.1) is 5.92 Å². The van der Waals surface area contributed by atoms with Crippen molar-refractivity contribution in [1.82, 2.24) is 5.32 Å². The molecule has 1 atom stereocenters. The second-order valence-corrected chi connectivity index (χ2v) is 5.35. The van der Waals surface area contributed by atoms with Crippen LogP contribution in [0.4, 0.5) is 10.5 Å². The smallest absolute Gasteiger partial charge is 0.319 e. The molecular weight excluding hydrogens is 256 g/mol. The molecule has 0 saturated carbocycles. The van der Waals surface area contributed by atoms with Gasteiger partial charge in [0.15, 0.2) is 0 Å². The zero-order chi connectivity index (χ0) is 15.1. The first-order valence-electron chi connectivity index (χ1n) is 6.75. The molecule has 1 aromatic carbocycles. The van der Waals surface area contributed by atoms with E-state index in [9.17, 15) is 9.59 Å². The average Bonchev–Trinajstić information content (AvgIpc) is 2.36. The number of rotatable bonds is 6. The second kappa shape index (κ2) is 7.53. The van der Waals surface area contributed by atoms with Crippen molar-refractivity contribution in [3.63, 3.8) is 0 Å². The van der Waals surface area contributed by atoms with Gasteiger partial charge in [0.25, 0.3) is 0 Å². The Morgan fingerprint density at radius 1 is 1.15 bits per heavy atom. The van der Waals surface area contributed by atoms with Crippen molar-refractivity contribution in [2.75, 3.05) is 11.9 Å². The van der Waals surface area contributed by atoms with E-state index >= 15 is 0 Å². The summed E-state index contributed by atoms with van der Waals surface area (Å²) in [5.41, 5.74) is 1.64. The van der Waals surface area contributed by atoms with Gasteiger partial charge in [-0.15, -0.1) is 0 Å². The number of carbonyl (C=O) groups is 2. The number of aliphatic carboxylic acids is 1. The zero-order valence-electron chi connectivity index (χ0n) is 12.1. The van der Waals surface area contributed by atoms with Crippen molar-refractivity contribution in [2.24, 2.45) is 5.92 Å². The highest BCUT2D eigenvalue weighted by atomic mass is 16.4. The van der Waals surface area contributed by atoms with Crippen LogP contribution in [0.25, 0.3) is 0 Å². The maximum Gasteiger partial charge on any atom is 0.319 e. The van der Waals surface area contributed by atoms with Gasteiger partial charge < -0.3 is 15.7 Å². The number of benzene rings is 1. The zero-order valence-corrected chi connectivity index (χ0v) is 12.1. The van der Waals surface area contributed by atoms with Crippen LogP contribution in [0.2, 0.25) is 0 Å². The van der Waals surface area contributed by atoms with Crippen molar-refractivity contribution in [3.05, 3.63) is 29.8 Å². The number of amides is 2. The number of urea groups is 1. The topological polar surface area (TPSA) is 78.4 Å². The summed E-state index contributed by atoms with van der Waals surface area (Å²) in [7, 11) is 0. The van der Waals surface area contributed by atoms with Gasteiger partial charge in [-0.05, 0) is 29.5 Å². The second-order valence-electron chi connectivity index (χ2n) is 5.35. The van der Waals surface area contributed by atoms with Gasteiger partial charge in [-0.1, -0.05) is 32.9 Å². The molecule has 3 N–H and O–H groups in total. The summed E-state index contributed by atoms with van der Waals surface area (Å²) in [6.45, 7) is 6.54. The first-order valence-corrected chi connectivity index (χ1v) is 6.75. The maximum absolute atomic E-state index is 11.6. The van der Waals surface area contributed by atoms with Crippen molar-refractivity contribution < 1.29 is 14.7 Å². The average molecular weight is 278 g/mol. The van der Waals surface area contributed by atoms with E-state index in [1.807, 2.05) is 32.9 Å². The lowest BCUT2D eigenvalue weighted by atomic mass is 9.98. The molecule has 0 saturated heterocycles.